The van der Waals surface area contributed by atoms with Crippen LogP contribution < -0.4 is 0 Å². The minimum Gasteiger partial charge on any atom is -0.350 e. The van der Waals surface area contributed by atoms with Crippen molar-refractivity contribution in [3.05, 3.63) is 71.7 Å². The molecule has 1 unspecified atom stereocenters. The summed E-state index contributed by atoms with van der Waals surface area (Å²) in [6, 6.07) is 0. The highest BCUT2D eigenvalue weighted by Crippen LogP contribution is 2.33. The number of hydrogen-bond donors (Lipinski definition) is 0. The van der Waals surface area contributed by atoms with E-state index in [1.54, 1.807) is 0 Å². The molecule has 0 radical (unpaired) electrons. The van der Waals surface area contributed by atoms with Gasteiger partial charge >= 0.3 is 0 Å². The number of piperidine rings is 1. The van der Waals surface area contributed by atoms with Crippen molar-refractivity contribution in [1.29, 1.82) is 0 Å². The summed E-state index contributed by atoms with van der Waals surface area (Å²) < 4.78 is 0. The standard InChI is InChI=1S/C26H32N2O2/c29-20-23-19-28(25-12-6-2-5-11-24(23)25)16-8-7-15-27-17-13-22(14-18-27)26(30)21-9-3-1-4-10-21/h2-3,5-6,9-12,19-20,22,24H,1,4,7-8,13-18H2. The minimum absolute atomic E-state index is 0.100. The number of ketones is 1. The molecule has 4 heteroatoms. The van der Waals surface area contributed by atoms with Crippen LogP contribution in [0.1, 0.15) is 38.5 Å². The fourth-order valence-corrected chi connectivity index (χ4v) is 4.85. The first-order valence-electron chi connectivity index (χ1n) is 11.4. The Balaban J connectivity index is 1.19. The molecule has 1 atom stereocenters. The molecule has 30 heavy (non-hydrogen) atoms. The number of fused-ring (bicyclic) bond motifs is 1. The molecule has 4 nitrogen and oxygen atoms in total. The highest BCUT2D eigenvalue weighted by molar-refractivity contribution is 5.99. The molecule has 2 aliphatic carbocycles. The number of unbranched alkanes of at least 4 members (excludes halogenated alkanes) is 1. The van der Waals surface area contributed by atoms with Crippen molar-refractivity contribution in [1.82, 2.24) is 9.80 Å². The van der Waals surface area contributed by atoms with E-state index in [4.69, 9.17) is 0 Å². The predicted octanol–water partition coefficient (Wildman–Crippen LogP) is 4.35. The van der Waals surface area contributed by atoms with Gasteiger partial charge in [0, 0.05) is 41.4 Å². The second-order valence-electron chi connectivity index (χ2n) is 8.61. The molecule has 2 heterocycles. The lowest BCUT2D eigenvalue weighted by Crippen LogP contribution is -2.37. The molecule has 0 saturated carbocycles. The number of Topliss-reactive ketones (excluding diaryl/α,β-unsaturated/α-hetero) is 1. The fourth-order valence-electron chi connectivity index (χ4n) is 4.85. The summed E-state index contributed by atoms with van der Waals surface area (Å²) in [5, 5.41) is 0. The average molecular weight is 405 g/mol. The van der Waals surface area contributed by atoms with E-state index in [1.807, 2.05) is 30.5 Å². The largest absolute Gasteiger partial charge is 0.350 e. The molecule has 0 aromatic rings. The van der Waals surface area contributed by atoms with E-state index in [1.165, 1.54) is 5.70 Å². The quantitative estimate of drug-likeness (QED) is 0.445. The Bertz CT molecular complexity index is 835. The Hall–Kier alpha value is -2.46. The van der Waals surface area contributed by atoms with Gasteiger partial charge in [0.2, 0.25) is 0 Å². The molecule has 0 spiro atoms. The van der Waals surface area contributed by atoms with Crippen LogP contribution >= 0.6 is 0 Å². The van der Waals surface area contributed by atoms with E-state index >= 15 is 0 Å². The summed E-state index contributed by atoms with van der Waals surface area (Å²) in [5.74, 6) is 0.655. The van der Waals surface area contributed by atoms with Gasteiger partial charge in [-0.25, -0.2) is 0 Å². The first-order valence-corrected chi connectivity index (χ1v) is 11.4. The Morgan fingerprint density at radius 2 is 1.90 bits per heavy atom. The Morgan fingerprint density at radius 1 is 1.07 bits per heavy atom. The third-order valence-corrected chi connectivity index (χ3v) is 6.60. The van der Waals surface area contributed by atoms with E-state index in [-0.39, 0.29) is 11.8 Å². The highest BCUT2D eigenvalue weighted by Gasteiger charge is 2.28. The van der Waals surface area contributed by atoms with Crippen LogP contribution in [0.25, 0.3) is 0 Å². The second kappa shape index (κ2) is 10.0. The molecule has 0 amide bonds. The molecular formula is C26H32N2O2. The maximum absolute atomic E-state index is 12.7. The summed E-state index contributed by atoms with van der Waals surface area (Å²) in [4.78, 5) is 28.8. The van der Waals surface area contributed by atoms with Crippen molar-refractivity contribution in [2.24, 2.45) is 11.8 Å². The molecule has 0 N–H and O–H groups in total. The molecule has 0 bridgehead atoms. The average Bonchev–Trinajstić information content (AvgIpc) is 2.96. The van der Waals surface area contributed by atoms with Gasteiger partial charge in [0.25, 0.3) is 0 Å². The van der Waals surface area contributed by atoms with Crippen LogP contribution in [-0.4, -0.2) is 48.0 Å². The van der Waals surface area contributed by atoms with Crippen LogP contribution in [0.2, 0.25) is 0 Å². The van der Waals surface area contributed by atoms with Gasteiger partial charge in [-0.1, -0.05) is 42.5 Å². The van der Waals surface area contributed by atoms with Crippen molar-refractivity contribution in [2.75, 3.05) is 26.2 Å². The SMILES string of the molecule is O=CC1=CN(CCCCN2CCC(C(=O)C3=CCCC=C3)CC2)C2=CC=CC=CC12. The molecule has 2 aliphatic heterocycles. The van der Waals surface area contributed by atoms with Crippen LogP contribution in [0.4, 0.5) is 0 Å². The van der Waals surface area contributed by atoms with Crippen LogP contribution in [-0.2, 0) is 9.59 Å². The van der Waals surface area contributed by atoms with E-state index in [9.17, 15) is 9.59 Å². The molecule has 0 aromatic carbocycles. The first-order chi connectivity index (χ1) is 14.8. The zero-order chi connectivity index (χ0) is 20.8. The summed E-state index contributed by atoms with van der Waals surface area (Å²) >= 11 is 0. The van der Waals surface area contributed by atoms with Crippen LogP contribution in [0.15, 0.2) is 71.7 Å². The van der Waals surface area contributed by atoms with Gasteiger partial charge in [-0.05, 0) is 64.2 Å². The molecule has 158 valence electrons. The van der Waals surface area contributed by atoms with E-state index in [0.717, 1.165) is 82.1 Å². The molecule has 4 aliphatic rings. The summed E-state index contributed by atoms with van der Waals surface area (Å²) in [6.07, 6.45) is 25.8. The summed E-state index contributed by atoms with van der Waals surface area (Å²) in [5.41, 5.74) is 2.98. The van der Waals surface area contributed by atoms with Crippen LogP contribution in [0.5, 0.6) is 0 Å². The molecule has 1 saturated heterocycles. The van der Waals surface area contributed by atoms with Crippen molar-refractivity contribution in [3.8, 4) is 0 Å². The maximum atomic E-state index is 12.7. The Kier molecular flexibility index (Phi) is 6.96. The van der Waals surface area contributed by atoms with Gasteiger partial charge in [0.15, 0.2) is 5.78 Å². The Labute approximate surface area is 180 Å². The molecule has 0 aromatic heterocycles. The number of rotatable bonds is 8. The highest BCUT2D eigenvalue weighted by atomic mass is 16.1. The lowest BCUT2D eigenvalue weighted by molar-refractivity contribution is -0.120. The molecule has 1 fully saturated rings. The zero-order valence-corrected chi connectivity index (χ0v) is 17.7. The van der Waals surface area contributed by atoms with Crippen molar-refractivity contribution >= 4 is 12.1 Å². The van der Waals surface area contributed by atoms with E-state index in [0.29, 0.717) is 5.78 Å². The predicted molar refractivity (Wildman–Crippen MR) is 121 cm³/mol. The van der Waals surface area contributed by atoms with Gasteiger partial charge in [-0.15, -0.1) is 0 Å². The minimum atomic E-state index is 0.100. The topological polar surface area (TPSA) is 40.6 Å². The monoisotopic (exact) mass is 404 g/mol. The molecule has 4 rings (SSSR count). The number of aldehydes is 1. The lowest BCUT2D eigenvalue weighted by atomic mass is 9.87. The summed E-state index contributed by atoms with van der Waals surface area (Å²) in [6.45, 7) is 4.07. The number of carbonyl (C=O) groups is 2. The van der Waals surface area contributed by atoms with Gasteiger partial charge in [0.1, 0.15) is 6.29 Å². The summed E-state index contributed by atoms with van der Waals surface area (Å²) in [7, 11) is 0. The number of hydrogen-bond acceptors (Lipinski definition) is 4. The number of allylic oxidation sites excluding steroid dienone is 9. The van der Waals surface area contributed by atoms with Gasteiger partial charge in [-0.3, -0.25) is 9.59 Å². The van der Waals surface area contributed by atoms with Crippen molar-refractivity contribution in [3.63, 3.8) is 0 Å². The molecular weight excluding hydrogens is 372 g/mol. The number of likely N-dealkylation sites (tertiary alicyclic amines) is 1. The second-order valence-corrected chi connectivity index (χ2v) is 8.61. The number of nitrogens with zero attached hydrogens (tertiary/aromatic N) is 2. The number of carbonyl (C=O) groups excluding carboxylic acids is 2. The van der Waals surface area contributed by atoms with Crippen molar-refractivity contribution < 1.29 is 9.59 Å². The van der Waals surface area contributed by atoms with E-state index < -0.39 is 0 Å². The lowest BCUT2D eigenvalue weighted by Gasteiger charge is -2.31. The van der Waals surface area contributed by atoms with Crippen LogP contribution in [0, 0.1) is 11.8 Å². The third-order valence-electron chi connectivity index (χ3n) is 6.60. The smallest absolute Gasteiger partial charge is 0.165 e. The Morgan fingerprint density at radius 3 is 2.67 bits per heavy atom. The van der Waals surface area contributed by atoms with Gasteiger partial charge < -0.3 is 9.80 Å². The van der Waals surface area contributed by atoms with Crippen molar-refractivity contribution in [2.45, 2.75) is 38.5 Å². The fraction of sp³-hybridized carbons (Fsp3) is 0.462. The van der Waals surface area contributed by atoms with Gasteiger partial charge in [0.05, 0.1) is 0 Å². The zero-order valence-electron chi connectivity index (χ0n) is 17.7. The van der Waals surface area contributed by atoms with E-state index in [2.05, 4.69) is 34.1 Å². The normalized spacial score (nSPS) is 24.2. The van der Waals surface area contributed by atoms with Gasteiger partial charge in [-0.2, -0.15) is 0 Å². The van der Waals surface area contributed by atoms with Crippen LogP contribution in [0.3, 0.4) is 0 Å². The first kappa shape index (κ1) is 20.8. The maximum Gasteiger partial charge on any atom is 0.165 e. The third kappa shape index (κ3) is 4.81.